The van der Waals surface area contributed by atoms with E-state index in [2.05, 4.69) is 13.8 Å². The molecule has 0 saturated carbocycles. The van der Waals surface area contributed by atoms with Crippen LogP contribution in [0.25, 0.3) is 0 Å². The van der Waals surface area contributed by atoms with E-state index in [1.165, 1.54) is 64.2 Å². The van der Waals surface area contributed by atoms with Crippen LogP contribution in [0.3, 0.4) is 0 Å². The van der Waals surface area contributed by atoms with E-state index in [9.17, 15) is 4.79 Å². The molecule has 0 bridgehead atoms. The molecule has 18 heavy (non-hydrogen) atoms. The third kappa shape index (κ3) is 11.9. The summed E-state index contributed by atoms with van der Waals surface area (Å²) in [5.74, 6) is 0.591. The molecule has 108 valence electrons. The molecule has 2 N–H and O–H groups in total. The lowest BCUT2D eigenvalue weighted by atomic mass is 9.90. The molecule has 0 aromatic carbocycles. The van der Waals surface area contributed by atoms with Crippen LogP contribution in [0.15, 0.2) is 0 Å². The van der Waals surface area contributed by atoms with Crippen molar-refractivity contribution in [3.8, 4) is 0 Å². The van der Waals surface area contributed by atoms with Gasteiger partial charge in [0.15, 0.2) is 0 Å². The van der Waals surface area contributed by atoms with Gasteiger partial charge >= 0.3 is 0 Å². The second kappa shape index (κ2) is 12.9. The van der Waals surface area contributed by atoms with Gasteiger partial charge in [0.2, 0.25) is 5.91 Å². The number of hydrogen-bond donors (Lipinski definition) is 1. The Balaban J connectivity index is 3.73. The Morgan fingerprint density at radius 2 is 1.33 bits per heavy atom. The summed E-state index contributed by atoms with van der Waals surface area (Å²) < 4.78 is 0. The van der Waals surface area contributed by atoms with Crippen LogP contribution < -0.4 is 5.73 Å². The van der Waals surface area contributed by atoms with Crippen molar-refractivity contribution in [2.45, 2.75) is 90.9 Å². The second-order valence-electron chi connectivity index (χ2n) is 5.57. The zero-order valence-electron chi connectivity index (χ0n) is 12.5. The van der Waals surface area contributed by atoms with Crippen LogP contribution in [0.4, 0.5) is 0 Å². The van der Waals surface area contributed by atoms with Gasteiger partial charge in [0.25, 0.3) is 0 Å². The van der Waals surface area contributed by atoms with E-state index in [1.807, 2.05) is 0 Å². The average Bonchev–Trinajstić information content (AvgIpc) is 2.35. The summed E-state index contributed by atoms with van der Waals surface area (Å²) in [5.41, 5.74) is 5.25. The molecule has 0 aromatic heterocycles. The minimum absolute atomic E-state index is 0.137. The summed E-state index contributed by atoms with van der Waals surface area (Å²) in [6, 6.07) is 0. The molecular weight excluding hydrogens is 222 g/mol. The first kappa shape index (κ1) is 17.5. The Morgan fingerprint density at radius 3 is 1.72 bits per heavy atom. The minimum atomic E-state index is -0.137. The fourth-order valence-corrected chi connectivity index (χ4v) is 2.50. The highest BCUT2D eigenvalue weighted by Gasteiger charge is 2.09. The van der Waals surface area contributed by atoms with E-state index in [0.29, 0.717) is 6.42 Å². The lowest BCUT2D eigenvalue weighted by molar-refractivity contribution is -0.118. The average molecular weight is 255 g/mol. The van der Waals surface area contributed by atoms with Crippen LogP contribution in [0.5, 0.6) is 0 Å². The van der Waals surface area contributed by atoms with E-state index in [4.69, 9.17) is 5.73 Å². The molecule has 0 aliphatic carbocycles. The first-order valence-electron chi connectivity index (χ1n) is 7.99. The Bertz CT molecular complexity index is 180. The number of carbonyl (C=O) groups is 1. The summed E-state index contributed by atoms with van der Waals surface area (Å²) in [4.78, 5) is 10.9. The fourth-order valence-electron chi connectivity index (χ4n) is 2.50. The minimum Gasteiger partial charge on any atom is -0.370 e. The van der Waals surface area contributed by atoms with Crippen molar-refractivity contribution < 1.29 is 4.79 Å². The molecule has 1 amide bonds. The SMILES string of the molecule is CCCCCCC(CCCCCC)CCC(N)=O. The standard InChI is InChI=1S/C16H33NO/c1-3-5-7-9-11-15(13-14-16(17)18)12-10-8-6-4-2/h15H,3-14H2,1-2H3,(H2,17,18). The van der Waals surface area contributed by atoms with Crippen molar-refractivity contribution in [1.29, 1.82) is 0 Å². The van der Waals surface area contributed by atoms with Crippen LogP contribution >= 0.6 is 0 Å². The molecule has 2 heteroatoms. The maximum atomic E-state index is 10.9. The lowest BCUT2D eigenvalue weighted by Gasteiger charge is -2.16. The summed E-state index contributed by atoms with van der Waals surface area (Å²) in [6.07, 6.45) is 14.8. The van der Waals surface area contributed by atoms with Crippen LogP contribution in [0.1, 0.15) is 90.9 Å². The van der Waals surface area contributed by atoms with E-state index >= 15 is 0 Å². The zero-order chi connectivity index (χ0) is 13.6. The maximum absolute atomic E-state index is 10.9. The van der Waals surface area contributed by atoms with Gasteiger partial charge in [0.05, 0.1) is 0 Å². The highest BCUT2D eigenvalue weighted by atomic mass is 16.1. The highest BCUT2D eigenvalue weighted by molar-refractivity contribution is 5.73. The van der Waals surface area contributed by atoms with Crippen LogP contribution in [0.2, 0.25) is 0 Å². The molecule has 0 atom stereocenters. The third-order valence-electron chi connectivity index (χ3n) is 3.73. The molecule has 0 heterocycles. The molecule has 0 fully saturated rings. The zero-order valence-corrected chi connectivity index (χ0v) is 12.5. The monoisotopic (exact) mass is 255 g/mol. The number of hydrogen-bond acceptors (Lipinski definition) is 1. The molecule has 0 rings (SSSR count). The van der Waals surface area contributed by atoms with Crippen LogP contribution in [-0.4, -0.2) is 5.91 Å². The Hall–Kier alpha value is -0.530. The van der Waals surface area contributed by atoms with Gasteiger partial charge in [0, 0.05) is 6.42 Å². The molecule has 0 spiro atoms. The third-order valence-corrected chi connectivity index (χ3v) is 3.73. The quantitative estimate of drug-likeness (QED) is 0.472. The predicted molar refractivity (Wildman–Crippen MR) is 79.4 cm³/mol. The summed E-state index contributed by atoms with van der Waals surface area (Å²) in [6.45, 7) is 4.49. The number of nitrogens with two attached hydrogens (primary N) is 1. The molecule has 2 nitrogen and oxygen atoms in total. The molecule has 0 aromatic rings. The topological polar surface area (TPSA) is 43.1 Å². The predicted octanol–water partition coefficient (Wildman–Crippen LogP) is 4.81. The molecule has 0 unspecified atom stereocenters. The van der Waals surface area contributed by atoms with Crippen molar-refractivity contribution in [3.05, 3.63) is 0 Å². The van der Waals surface area contributed by atoms with Gasteiger partial charge in [-0.15, -0.1) is 0 Å². The van der Waals surface area contributed by atoms with Crippen molar-refractivity contribution in [3.63, 3.8) is 0 Å². The van der Waals surface area contributed by atoms with E-state index in [0.717, 1.165) is 12.3 Å². The van der Waals surface area contributed by atoms with E-state index in [1.54, 1.807) is 0 Å². The fraction of sp³-hybridized carbons (Fsp3) is 0.938. The van der Waals surface area contributed by atoms with Crippen LogP contribution in [-0.2, 0) is 4.79 Å². The summed E-state index contributed by atoms with van der Waals surface area (Å²) >= 11 is 0. The Kier molecular flexibility index (Phi) is 12.5. The second-order valence-corrected chi connectivity index (χ2v) is 5.57. The summed E-state index contributed by atoms with van der Waals surface area (Å²) in [5, 5.41) is 0. The van der Waals surface area contributed by atoms with E-state index in [-0.39, 0.29) is 5.91 Å². The Labute approximate surface area is 114 Å². The van der Waals surface area contributed by atoms with Gasteiger partial charge in [0.1, 0.15) is 0 Å². The summed E-state index contributed by atoms with van der Waals surface area (Å²) in [7, 11) is 0. The van der Waals surface area contributed by atoms with E-state index < -0.39 is 0 Å². The van der Waals surface area contributed by atoms with Crippen molar-refractivity contribution in [1.82, 2.24) is 0 Å². The molecular formula is C16H33NO. The van der Waals surface area contributed by atoms with Crippen molar-refractivity contribution >= 4 is 5.91 Å². The van der Waals surface area contributed by atoms with Gasteiger partial charge in [-0.25, -0.2) is 0 Å². The number of carbonyl (C=O) groups excluding carboxylic acids is 1. The molecule has 0 aliphatic rings. The highest BCUT2D eigenvalue weighted by Crippen LogP contribution is 2.22. The lowest BCUT2D eigenvalue weighted by Crippen LogP contribution is -2.13. The number of rotatable bonds is 13. The van der Waals surface area contributed by atoms with Crippen LogP contribution in [0, 0.1) is 5.92 Å². The maximum Gasteiger partial charge on any atom is 0.217 e. The molecule has 0 saturated heterocycles. The van der Waals surface area contributed by atoms with Gasteiger partial charge in [-0.2, -0.15) is 0 Å². The van der Waals surface area contributed by atoms with Gasteiger partial charge < -0.3 is 5.73 Å². The molecule has 0 radical (unpaired) electrons. The smallest absolute Gasteiger partial charge is 0.217 e. The molecule has 0 aliphatic heterocycles. The van der Waals surface area contributed by atoms with Crippen molar-refractivity contribution in [2.24, 2.45) is 11.7 Å². The number of amides is 1. The Morgan fingerprint density at radius 1 is 0.833 bits per heavy atom. The normalized spacial score (nSPS) is 11.1. The van der Waals surface area contributed by atoms with Crippen molar-refractivity contribution in [2.75, 3.05) is 0 Å². The van der Waals surface area contributed by atoms with Gasteiger partial charge in [-0.3, -0.25) is 4.79 Å². The largest absolute Gasteiger partial charge is 0.370 e. The number of unbranched alkanes of at least 4 members (excludes halogenated alkanes) is 6. The van der Waals surface area contributed by atoms with Gasteiger partial charge in [-0.05, 0) is 12.3 Å². The first-order valence-corrected chi connectivity index (χ1v) is 7.99. The van der Waals surface area contributed by atoms with Gasteiger partial charge in [-0.1, -0.05) is 78.1 Å². The number of primary amides is 1. The first-order chi connectivity index (χ1) is 8.70.